The van der Waals surface area contributed by atoms with E-state index in [0.29, 0.717) is 17.8 Å². The minimum Gasteiger partial charge on any atom is -0.309 e. The van der Waals surface area contributed by atoms with E-state index in [1.165, 1.54) is 249 Å². The average molecular weight is 1520 g/mol. The lowest BCUT2D eigenvalue weighted by molar-refractivity contribution is 0.861. The maximum absolute atomic E-state index is 2.50. The molecule has 0 amide bonds. The molecule has 15 aromatic carbocycles. The summed E-state index contributed by atoms with van der Waals surface area (Å²) in [7, 11) is 0. The van der Waals surface area contributed by atoms with Gasteiger partial charge in [0, 0.05) is 43.7 Å². The minimum absolute atomic E-state index is 0.505. The summed E-state index contributed by atoms with van der Waals surface area (Å²) >= 11 is 0. The van der Waals surface area contributed by atoms with Gasteiger partial charge >= 0.3 is 0 Å². The van der Waals surface area contributed by atoms with Gasteiger partial charge in [0.1, 0.15) is 0 Å². The van der Waals surface area contributed by atoms with Crippen LogP contribution in [0.2, 0.25) is 0 Å². The summed E-state index contributed by atoms with van der Waals surface area (Å²) in [5, 5.41) is 7.75. The molecule has 0 N–H and O–H groups in total. The molecule has 18 rings (SSSR count). The summed E-state index contributed by atoms with van der Waals surface area (Å²) in [6, 6.07) is 104. The van der Waals surface area contributed by atoms with Crippen molar-refractivity contribution < 1.29 is 0 Å². The number of fused-ring (bicyclic) bond motifs is 9. The molecule has 3 heterocycles. The number of rotatable bonds is 12. The zero-order valence-corrected chi connectivity index (χ0v) is 72.6. The molecule has 582 valence electrons. The van der Waals surface area contributed by atoms with E-state index in [9.17, 15) is 0 Å². The fraction of sp³-hybridized carbons (Fsp3) is 0.211. The van der Waals surface area contributed by atoms with Gasteiger partial charge in [0.25, 0.3) is 0 Å². The van der Waals surface area contributed by atoms with Gasteiger partial charge in [-0.25, -0.2) is 0 Å². The molecule has 0 fully saturated rings. The van der Waals surface area contributed by atoms with E-state index in [4.69, 9.17) is 0 Å². The lowest BCUT2D eigenvalue weighted by Gasteiger charge is -2.18. The molecule has 0 aliphatic carbocycles. The molecule has 18 aromatic rings. The van der Waals surface area contributed by atoms with E-state index in [1.807, 2.05) is 0 Å². The van der Waals surface area contributed by atoms with E-state index < -0.39 is 0 Å². The normalized spacial score (nSPS) is 11.7. The van der Waals surface area contributed by atoms with Crippen LogP contribution in [-0.2, 0) is 0 Å². The van der Waals surface area contributed by atoms with Crippen molar-refractivity contribution in [1.29, 1.82) is 0 Å². The van der Waals surface area contributed by atoms with Crippen LogP contribution in [0.4, 0.5) is 0 Å². The average Bonchev–Trinajstić information content (AvgIpc) is 1.59. The first-order chi connectivity index (χ1) is 56.0. The van der Waals surface area contributed by atoms with Gasteiger partial charge in [-0.05, 0) is 313 Å². The molecule has 0 radical (unpaired) electrons. The molecule has 0 aliphatic heterocycles. The topological polar surface area (TPSA) is 14.8 Å². The van der Waals surface area contributed by atoms with Crippen LogP contribution in [0.1, 0.15) is 159 Å². The van der Waals surface area contributed by atoms with Gasteiger partial charge < -0.3 is 13.7 Å². The zero-order valence-electron chi connectivity index (χ0n) is 72.6. The molecular formula is C114H111N3. The second-order valence-electron chi connectivity index (χ2n) is 35.3. The summed E-state index contributed by atoms with van der Waals surface area (Å²) in [5.74, 6) is 1.53. The highest BCUT2D eigenvalue weighted by molar-refractivity contribution is 6.14. The van der Waals surface area contributed by atoms with Crippen molar-refractivity contribution in [3.8, 4) is 83.8 Å². The third-order valence-corrected chi connectivity index (χ3v) is 24.0. The monoisotopic (exact) mass is 1520 g/mol. The largest absolute Gasteiger partial charge is 0.309 e. The van der Waals surface area contributed by atoms with Crippen LogP contribution in [0.3, 0.4) is 0 Å². The summed E-state index contributed by atoms with van der Waals surface area (Å²) in [5.41, 5.74) is 50.1. The van der Waals surface area contributed by atoms with Gasteiger partial charge in [-0.3, -0.25) is 0 Å². The van der Waals surface area contributed by atoms with E-state index in [1.54, 1.807) is 0 Å². The summed E-state index contributed by atoms with van der Waals surface area (Å²) in [6.07, 6.45) is 0. The van der Waals surface area contributed by atoms with Crippen molar-refractivity contribution >= 4 is 65.4 Å². The Labute approximate surface area is 694 Å². The Morgan fingerprint density at radius 1 is 0.171 bits per heavy atom. The first-order valence-electron chi connectivity index (χ1n) is 42.1. The highest BCUT2D eigenvalue weighted by Crippen LogP contribution is 2.44. The van der Waals surface area contributed by atoms with Crippen LogP contribution in [0.15, 0.2) is 273 Å². The molecule has 0 aliphatic rings. The lowest BCUT2D eigenvalue weighted by atomic mass is 9.96. The van der Waals surface area contributed by atoms with Crippen LogP contribution in [0.5, 0.6) is 0 Å². The van der Waals surface area contributed by atoms with E-state index in [2.05, 4.69) is 432 Å². The predicted molar refractivity (Wildman–Crippen MR) is 508 cm³/mol. The third kappa shape index (κ3) is 15.8. The van der Waals surface area contributed by atoms with Gasteiger partial charge in [0.05, 0.1) is 38.8 Å². The smallest absolute Gasteiger partial charge is 0.0541 e. The van der Waals surface area contributed by atoms with Gasteiger partial charge in [-0.15, -0.1) is 0 Å². The van der Waals surface area contributed by atoms with Gasteiger partial charge in [-0.2, -0.15) is 0 Å². The van der Waals surface area contributed by atoms with Crippen LogP contribution in [0.25, 0.3) is 149 Å². The summed E-state index contributed by atoms with van der Waals surface area (Å²) < 4.78 is 7.38. The maximum atomic E-state index is 2.50. The quantitative estimate of drug-likeness (QED) is 0.116. The number of aromatic nitrogens is 3. The molecule has 0 saturated carbocycles. The minimum atomic E-state index is 0.505. The number of nitrogens with zero attached hydrogens (tertiary/aromatic N) is 3. The zero-order chi connectivity index (χ0) is 82.3. The fourth-order valence-corrected chi connectivity index (χ4v) is 18.7. The van der Waals surface area contributed by atoms with Crippen LogP contribution >= 0.6 is 0 Å². The molecule has 3 aromatic heterocycles. The third-order valence-electron chi connectivity index (χ3n) is 24.0. The fourth-order valence-electron chi connectivity index (χ4n) is 18.7. The summed E-state index contributed by atoms with van der Waals surface area (Å²) in [6.45, 7) is 46.5. The van der Waals surface area contributed by atoms with Crippen molar-refractivity contribution in [2.75, 3.05) is 0 Å². The Morgan fingerprint density at radius 3 is 0.632 bits per heavy atom. The number of benzene rings is 15. The van der Waals surface area contributed by atoms with E-state index in [0.717, 1.165) is 0 Å². The molecule has 0 saturated heterocycles. The van der Waals surface area contributed by atoms with Crippen LogP contribution in [-0.4, -0.2) is 13.7 Å². The molecule has 0 spiro atoms. The highest BCUT2D eigenvalue weighted by atomic mass is 15.0. The van der Waals surface area contributed by atoms with E-state index >= 15 is 0 Å². The number of aryl methyl sites for hydroxylation is 15. The molecule has 3 heteroatoms. The first kappa shape index (κ1) is 78.6. The van der Waals surface area contributed by atoms with Crippen LogP contribution < -0.4 is 0 Å². The van der Waals surface area contributed by atoms with Gasteiger partial charge in [-0.1, -0.05) is 290 Å². The SMILES string of the molecule is Cc1cc(C)cc(-c2ccc3c(c2)c2cc(-c4cc(C)cc(C)c4)ccc2n3-c2c(C)cc(C(C)C)cc2C)c1.Cc1cc(C)cc(-c2ccc3c(c2)c2cc(-c4cc(C)cc(C)c4)ccc2n3-c2ccc(C(C)C)cc2)c1.Cc1cc(C)cc(-c2ccc3c(c2)c2cc(-c4cc(C)cc(C)c4)ccc2n3-c2ccc(C(C)C)cc2C)c1. The second-order valence-corrected chi connectivity index (χ2v) is 35.3. The molecule has 0 bridgehead atoms. The van der Waals surface area contributed by atoms with Crippen molar-refractivity contribution in [3.05, 3.63) is 373 Å². The van der Waals surface area contributed by atoms with E-state index in [-0.39, 0.29) is 0 Å². The van der Waals surface area contributed by atoms with Gasteiger partial charge in [0.15, 0.2) is 0 Å². The Bertz CT molecular complexity index is 6470. The Kier molecular flexibility index (Phi) is 21.3. The Balaban J connectivity index is 0.000000131. The Hall–Kier alpha value is -12.3. The standard InChI is InChI=1S/C39H39N.C38H37N.C37H35N/c1-23(2)32-19-28(7)39(29(8)20-32)40-37-11-9-30(33-15-24(3)13-25(4)16-33)21-35(37)36-22-31(10-12-38(36)40)34-17-26(5)14-27(6)18-34;1-23(2)29-8-11-36(28(7)20-29)39-37-12-9-30(32-16-24(3)14-25(4)17-32)21-34(37)35-22-31(10-13-38(35)39)33-18-26(5)15-27(6)19-33;1-23(2)28-7-11-33(12-8-28)38-36-13-9-29(31-17-24(3)15-25(4)18-31)21-34(36)35-22-30(10-14-37(35)38)32-19-26(5)16-27(6)20-32/h9-23H,1-8H3;8-23H,1-7H3;7-23H,1-6H3. The van der Waals surface area contributed by atoms with Crippen molar-refractivity contribution in [1.82, 2.24) is 13.7 Å². The Morgan fingerprint density at radius 2 is 0.393 bits per heavy atom. The lowest BCUT2D eigenvalue weighted by Crippen LogP contribution is -2.02. The van der Waals surface area contributed by atoms with Crippen molar-refractivity contribution in [3.63, 3.8) is 0 Å². The molecule has 0 atom stereocenters. The van der Waals surface area contributed by atoms with Crippen molar-refractivity contribution in [2.45, 2.75) is 163 Å². The molecule has 3 nitrogen and oxygen atoms in total. The highest BCUT2D eigenvalue weighted by Gasteiger charge is 2.23. The second kappa shape index (κ2) is 31.7. The number of hydrogen-bond donors (Lipinski definition) is 0. The molecule has 0 unspecified atom stereocenters. The summed E-state index contributed by atoms with van der Waals surface area (Å²) in [4.78, 5) is 0. The van der Waals surface area contributed by atoms with Gasteiger partial charge in [0.2, 0.25) is 0 Å². The van der Waals surface area contributed by atoms with Crippen LogP contribution in [0, 0.1) is 104 Å². The molecule has 117 heavy (non-hydrogen) atoms. The number of hydrogen-bond acceptors (Lipinski definition) is 0. The maximum Gasteiger partial charge on any atom is 0.0541 e. The first-order valence-corrected chi connectivity index (χ1v) is 42.1. The molecular weight excluding hydrogens is 1410 g/mol. The predicted octanol–water partition coefficient (Wildman–Crippen LogP) is 32.3. The van der Waals surface area contributed by atoms with Crippen molar-refractivity contribution in [2.24, 2.45) is 0 Å².